The molecule has 108 valence electrons. The molecular weight excluding hydrogens is 262 g/mol. The lowest BCUT2D eigenvalue weighted by atomic mass is 9.91. The number of hydrogen-bond donors (Lipinski definition) is 3. The van der Waals surface area contributed by atoms with E-state index in [4.69, 9.17) is 11.5 Å². The topological polar surface area (TPSA) is 137 Å². The minimum atomic E-state index is -0.756. The van der Waals surface area contributed by atoms with E-state index in [0.717, 1.165) is 37.9 Å². The van der Waals surface area contributed by atoms with Gasteiger partial charge in [-0.15, -0.1) is 0 Å². The lowest BCUT2D eigenvalue weighted by Gasteiger charge is -2.30. The lowest BCUT2D eigenvalue weighted by molar-refractivity contribution is -0.385. The van der Waals surface area contributed by atoms with Gasteiger partial charge in [-0.3, -0.25) is 14.9 Å². The third-order valence-electron chi connectivity index (χ3n) is 3.49. The summed E-state index contributed by atoms with van der Waals surface area (Å²) in [6, 6.07) is 1.10. The van der Waals surface area contributed by atoms with Gasteiger partial charge in [-0.05, 0) is 12.8 Å². The van der Waals surface area contributed by atoms with Gasteiger partial charge in [-0.2, -0.15) is 0 Å². The van der Waals surface area contributed by atoms with Crippen LogP contribution in [0.25, 0.3) is 0 Å². The molecule has 0 aliphatic heterocycles. The summed E-state index contributed by atoms with van der Waals surface area (Å²) in [7, 11) is 0. The Morgan fingerprint density at radius 1 is 1.45 bits per heavy atom. The monoisotopic (exact) mass is 279 g/mol. The maximum absolute atomic E-state index is 11.4. The highest BCUT2D eigenvalue weighted by Gasteiger charge is 2.24. The molecule has 8 nitrogen and oxygen atoms in total. The van der Waals surface area contributed by atoms with Crippen LogP contribution in [0.3, 0.4) is 0 Å². The number of rotatable bonds is 4. The molecule has 1 heterocycles. The van der Waals surface area contributed by atoms with Crippen molar-refractivity contribution in [2.24, 2.45) is 11.5 Å². The third kappa shape index (κ3) is 3.02. The van der Waals surface area contributed by atoms with Crippen LogP contribution in [0.2, 0.25) is 0 Å². The summed E-state index contributed by atoms with van der Waals surface area (Å²) in [6.45, 7) is 0. The van der Waals surface area contributed by atoms with Crippen molar-refractivity contribution in [3.63, 3.8) is 0 Å². The van der Waals surface area contributed by atoms with E-state index in [0.29, 0.717) is 0 Å². The standard InChI is InChI=1S/C12H17N5O3/c13-9-3-1-2-4-10(9)16-12-8(11(14)18)5-7(6-15-12)17(19)20/h5-6,9-10H,1-4,13H2,(H2,14,18)(H,15,16)/t9-,10-/m1/s1. The number of hydrogen-bond acceptors (Lipinski definition) is 6. The largest absolute Gasteiger partial charge is 0.365 e. The second kappa shape index (κ2) is 5.83. The average Bonchev–Trinajstić information content (AvgIpc) is 2.41. The quantitative estimate of drug-likeness (QED) is 0.549. The summed E-state index contributed by atoms with van der Waals surface area (Å²) in [5.74, 6) is -0.501. The Morgan fingerprint density at radius 2 is 2.15 bits per heavy atom. The number of nitrogens with one attached hydrogen (secondary N) is 1. The van der Waals surface area contributed by atoms with Crippen LogP contribution in [0.4, 0.5) is 11.5 Å². The number of aromatic nitrogens is 1. The number of carbonyl (C=O) groups excluding carboxylic acids is 1. The molecule has 1 aromatic rings. The van der Waals surface area contributed by atoms with E-state index in [2.05, 4.69) is 10.3 Å². The highest BCUT2D eigenvalue weighted by molar-refractivity contribution is 5.98. The summed E-state index contributed by atoms with van der Waals surface area (Å²) in [6.07, 6.45) is 5.00. The molecule has 20 heavy (non-hydrogen) atoms. The Hall–Kier alpha value is -2.22. The Kier molecular flexibility index (Phi) is 4.14. The molecule has 1 amide bonds. The molecule has 2 atom stereocenters. The first kappa shape index (κ1) is 14.2. The number of primary amides is 1. The van der Waals surface area contributed by atoms with Crippen LogP contribution >= 0.6 is 0 Å². The highest BCUT2D eigenvalue weighted by atomic mass is 16.6. The number of anilines is 1. The fourth-order valence-corrected chi connectivity index (χ4v) is 2.37. The van der Waals surface area contributed by atoms with Crippen molar-refractivity contribution >= 4 is 17.4 Å². The number of nitro groups is 1. The molecule has 2 rings (SSSR count). The summed E-state index contributed by atoms with van der Waals surface area (Å²) in [5, 5.41) is 13.8. The number of pyridine rings is 1. The normalized spacial score (nSPS) is 22.2. The number of amides is 1. The van der Waals surface area contributed by atoms with Crippen molar-refractivity contribution in [1.82, 2.24) is 4.98 Å². The number of nitrogens with zero attached hydrogens (tertiary/aromatic N) is 2. The second-order valence-corrected chi connectivity index (χ2v) is 4.91. The molecule has 0 bridgehead atoms. The van der Waals surface area contributed by atoms with Gasteiger partial charge in [-0.25, -0.2) is 4.98 Å². The Balaban J connectivity index is 2.26. The van der Waals surface area contributed by atoms with Crippen molar-refractivity contribution in [2.75, 3.05) is 5.32 Å². The van der Waals surface area contributed by atoms with E-state index in [1.165, 1.54) is 0 Å². The summed E-state index contributed by atoms with van der Waals surface area (Å²) in [5.41, 5.74) is 11.0. The van der Waals surface area contributed by atoms with Crippen molar-refractivity contribution < 1.29 is 9.72 Å². The van der Waals surface area contributed by atoms with Gasteiger partial charge in [0.25, 0.3) is 11.6 Å². The molecule has 8 heteroatoms. The summed E-state index contributed by atoms with van der Waals surface area (Å²) in [4.78, 5) is 25.4. The molecular formula is C12H17N5O3. The van der Waals surface area contributed by atoms with E-state index in [1.807, 2.05) is 0 Å². The fraction of sp³-hybridized carbons (Fsp3) is 0.500. The zero-order valence-electron chi connectivity index (χ0n) is 10.9. The predicted octanol–water partition coefficient (Wildman–Crippen LogP) is 0.770. The van der Waals surface area contributed by atoms with Gasteiger partial charge < -0.3 is 16.8 Å². The fourth-order valence-electron chi connectivity index (χ4n) is 2.37. The molecule has 1 saturated carbocycles. The minimum absolute atomic E-state index is 0.00388. The molecule has 1 aliphatic rings. The van der Waals surface area contributed by atoms with Crippen LogP contribution in [0.1, 0.15) is 36.0 Å². The molecule has 1 aliphatic carbocycles. The van der Waals surface area contributed by atoms with Crippen molar-refractivity contribution in [1.29, 1.82) is 0 Å². The molecule has 1 fully saturated rings. The van der Waals surface area contributed by atoms with Gasteiger partial charge in [0.15, 0.2) is 0 Å². The first-order chi connectivity index (χ1) is 9.49. The van der Waals surface area contributed by atoms with Crippen molar-refractivity contribution in [3.05, 3.63) is 27.9 Å². The first-order valence-corrected chi connectivity index (χ1v) is 6.45. The van der Waals surface area contributed by atoms with Crippen LogP contribution in [0.5, 0.6) is 0 Å². The van der Waals surface area contributed by atoms with Gasteiger partial charge in [-0.1, -0.05) is 12.8 Å². The third-order valence-corrected chi connectivity index (χ3v) is 3.49. The molecule has 0 saturated heterocycles. The van der Waals surface area contributed by atoms with Crippen molar-refractivity contribution in [2.45, 2.75) is 37.8 Å². The molecule has 0 aromatic carbocycles. The lowest BCUT2D eigenvalue weighted by Crippen LogP contribution is -2.43. The summed E-state index contributed by atoms with van der Waals surface area (Å²) < 4.78 is 0. The van der Waals surface area contributed by atoms with Crippen LogP contribution in [0, 0.1) is 10.1 Å². The van der Waals surface area contributed by atoms with Gasteiger partial charge >= 0.3 is 0 Å². The molecule has 5 N–H and O–H groups in total. The molecule has 1 aromatic heterocycles. The number of carbonyl (C=O) groups is 1. The van der Waals surface area contributed by atoms with E-state index >= 15 is 0 Å². The zero-order chi connectivity index (χ0) is 14.7. The van der Waals surface area contributed by atoms with E-state index in [-0.39, 0.29) is 29.2 Å². The highest BCUT2D eigenvalue weighted by Crippen LogP contribution is 2.24. The maximum Gasteiger partial charge on any atom is 0.288 e. The Bertz CT molecular complexity index is 534. The molecule has 0 spiro atoms. The predicted molar refractivity (Wildman–Crippen MR) is 73.3 cm³/mol. The van der Waals surface area contributed by atoms with Crippen LogP contribution in [-0.4, -0.2) is 27.9 Å². The van der Waals surface area contributed by atoms with Gasteiger partial charge in [0.2, 0.25) is 0 Å². The zero-order valence-corrected chi connectivity index (χ0v) is 10.9. The first-order valence-electron chi connectivity index (χ1n) is 6.45. The van der Waals surface area contributed by atoms with Crippen LogP contribution in [0.15, 0.2) is 12.3 Å². The average molecular weight is 279 g/mol. The van der Waals surface area contributed by atoms with Gasteiger partial charge in [0.05, 0.1) is 10.5 Å². The van der Waals surface area contributed by atoms with E-state index < -0.39 is 10.8 Å². The summed E-state index contributed by atoms with van der Waals surface area (Å²) >= 11 is 0. The Labute approximate surface area is 115 Å². The SMILES string of the molecule is NC(=O)c1cc([N+](=O)[O-])cnc1N[C@@H]1CCCC[C@H]1N. The van der Waals surface area contributed by atoms with Crippen molar-refractivity contribution in [3.8, 4) is 0 Å². The maximum atomic E-state index is 11.4. The smallest absolute Gasteiger partial charge is 0.288 e. The minimum Gasteiger partial charge on any atom is -0.365 e. The second-order valence-electron chi connectivity index (χ2n) is 4.91. The van der Waals surface area contributed by atoms with Crippen LogP contribution < -0.4 is 16.8 Å². The van der Waals surface area contributed by atoms with Gasteiger partial charge in [0, 0.05) is 18.2 Å². The van der Waals surface area contributed by atoms with E-state index in [9.17, 15) is 14.9 Å². The van der Waals surface area contributed by atoms with Crippen LogP contribution in [-0.2, 0) is 0 Å². The Morgan fingerprint density at radius 3 is 2.75 bits per heavy atom. The number of nitrogens with two attached hydrogens (primary N) is 2. The van der Waals surface area contributed by atoms with E-state index in [1.54, 1.807) is 0 Å². The molecule has 0 radical (unpaired) electrons. The molecule has 0 unspecified atom stereocenters. The van der Waals surface area contributed by atoms with Gasteiger partial charge in [0.1, 0.15) is 12.0 Å².